The first-order valence-electron chi connectivity index (χ1n) is 3.95. The predicted octanol–water partition coefficient (Wildman–Crippen LogP) is 2.63. The van der Waals surface area contributed by atoms with Crippen LogP contribution >= 0.6 is 11.3 Å². The van der Waals surface area contributed by atoms with Crippen LogP contribution in [0, 0.1) is 6.92 Å². The van der Waals surface area contributed by atoms with Gasteiger partial charge in [-0.05, 0) is 24.6 Å². The largest absolute Gasteiger partial charge is 0.469 e. The van der Waals surface area contributed by atoms with E-state index in [9.17, 15) is 4.79 Å². The molecule has 0 aliphatic heterocycles. The van der Waals surface area contributed by atoms with E-state index in [1.54, 1.807) is 11.3 Å². The normalized spacial score (nSPS) is 9.69. The molecule has 0 atom stereocenters. The maximum atomic E-state index is 10.9. The number of esters is 1. The van der Waals surface area contributed by atoms with E-state index in [1.807, 2.05) is 19.1 Å². The predicted molar refractivity (Wildman–Crippen MR) is 54.7 cm³/mol. The molecule has 70 valence electrons. The van der Waals surface area contributed by atoms with E-state index in [2.05, 4.69) is 11.3 Å². The number of aryl methyl sites for hydroxylation is 1. The van der Waals surface area contributed by atoms with Crippen molar-refractivity contribution in [3.05, 3.63) is 28.5 Å². The van der Waals surface area contributed by atoms with Crippen molar-refractivity contribution in [3.63, 3.8) is 0 Å². The van der Waals surface area contributed by atoms with Gasteiger partial charge in [-0.15, -0.1) is 11.3 Å². The van der Waals surface area contributed by atoms with Gasteiger partial charge in [-0.2, -0.15) is 0 Å². The highest BCUT2D eigenvalue weighted by molar-refractivity contribution is 7.13. The van der Waals surface area contributed by atoms with Gasteiger partial charge < -0.3 is 4.74 Å². The van der Waals surface area contributed by atoms with Crippen molar-refractivity contribution in [1.29, 1.82) is 0 Å². The number of ether oxygens (including phenoxy) is 1. The molecule has 13 heavy (non-hydrogen) atoms. The van der Waals surface area contributed by atoms with Crippen LogP contribution in [0.5, 0.6) is 0 Å². The molecule has 0 unspecified atom stereocenters. The van der Waals surface area contributed by atoms with Crippen LogP contribution in [0.3, 0.4) is 0 Å². The molecule has 3 heteroatoms. The van der Waals surface area contributed by atoms with Crippen LogP contribution in [-0.2, 0) is 9.53 Å². The molecule has 2 nitrogen and oxygen atoms in total. The zero-order valence-corrected chi connectivity index (χ0v) is 8.61. The van der Waals surface area contributed by atoms with Crippen LogP contribution in [0.15, 0.2) is 18.7 Å². The Kier molecular flexibility index (Phi) is 3.25. The van der Waals surface area contributed by atoms with Crippen LogP contribution < -0.4 is 0 Å². The maximum Gasteiger partial charge on any atom is 0.310 e. The number of rotatable bonds is 3. The summed E-state index contributed by atoms with van der Waals surface area (Å²) in [6.45, 7) is 5.86. The summed E-state index contributed by atoms with van der Waals surface area (Å²) in [5, 5.41) is 0. The zero-order chi connectivity index (χ0) is 9.84. The van der Waals surface area contributed by atoms with Gasteiger partial charge in [-0.3, -0.25) is 4.79 Å². The maximum absolute atomic E-state index is 10.9. The first-order valence-corrected chi connectivity index (χ1v) is 4.76. The Labute approximate surface area is 81.8 Å². The Hall–Kier alpha value is -1.09. The van der Waals surface area contributed by atoms with Crippen molar-refractivity contribution in [3.8, 4) is 0 Å². The summed E-state index contributed by atoms with van der Waals surface area (Å²) in [6, 6.07) is 3.99. The van der Waals surface area contributed by atoms with Crippen molar-refractivity contribution < 1.29 is 9.53 Å². The molecule has 0 saturated carbocycles. The summed E-state index contributed by atoms with van der Waals surface area (Å²) in [4.78, 5) is 13.2. The number of thiophene rings is 1. The molecule has 0 fully saturated rings. The fraction of sp³-hybridized carbons (Fsp3) is 0.300. The van der Waals surface area contributed by atoms with Crippen LogP contribution in [0.2, 0.25) is 0 Å². The van der Waals surface area contributed by atoms with E-state index in [0.717, 1.165) is 10.5 Å². The molecule has 0 amide bonds. The Balaban J connectivity index is 2.64. The summed E-state index contributed by atoms with van der Waals surface area (Å²) in [7, 11) is 1.38. The molecule has 0 spiro atoms. The lowest BCUT2D eigenvalue weighted by Gasteiger charge is -2.00. The number of methoxy groups -OCH3 is 1. The van der Waals surface area contributed by atoms with Crippen molar-refractivity contribution in [2.75, 3.05) is 7.11 Å². The molecular formula is C10H12O2S. The summed E-state index contributed by atoms with van der Waals surface area (Å²) in [6.07, 6.45) is 0.274. The molecule has 0 saturated heterocycles. The molecule has 0 aliphatic carbocycles. The first kappa shape index (κ1) is 9.99. The Morgan fingerprint density at radius 3 is 2.77 bits per heavy atom. The molecule has 0 aromatic carbocycles. The van der Waals surface area contributed by atoms with E-state index in [1.165, 1.54) is 12.0 Å². The Morgan fingerprint density at radius 1 is 1.62 bits per heavy atom. The number of hydrogen-bond acceptors (Lipinski definition) is 3. The molecule has 1 aromatic heterocycles. The van der Waals surface area contributed by atoms with Crippen molar-refractivity contribution >= 4 is 22.9 Å². The van der Waals surface area contributed by atoms with Gasteiger partial charge in [0, 0.05) is 9.75 Å². The topological polar surface area (TPSA) is 26.3 Å². The molecule has 1 aromatic rings. The van der Waals surface area contributed by atoms with Gasteiger partial charge in [0.25, 0.3) is 0 Å². The van der Waals surface area contributed by atoms with Crippen molar-refractivity contribution in [2.45, 2.75) is 13.3 Å². The average Bonchev–Trinajstić information content (AvgIpc) is 2.51. The first-order chi connectivity index (χ1) is 6.13. The summed E-state index contributed by atoms with van der Waals surface area (Å²) in [5.41, 5.74) is 0.824. The Morgan fingerprint density at radius 2 is 2.31 bits per heavy atom. The number of hydrogen-bond donors (Lipinski definition) is 0. The van der Waals surface area contributed by atoms with Gasteiger partial charge >= 0.3 is 5.97 Å². The lowest BCUT2D eigenvalue weighted by Crippen LogP contribution is -1.99. The third kappa shape index (κ3) is 2.70. The third-order valence-electron chi connectivity index (χ3n) is 1.67. The van der Waals surface area contributed by atoms with E-state index in [-0.39, 0.29) is 12.4 Å². The van der Waals surface area contributed by atoms with E-state index in [0.29, 0.717) is 0 Å². The number of carbonyl (C=O) groups excluding carboxylic acids is 1. The molecule has 0 N–H and O–H groups in total. The summed E-state index contributed by atoms with van der Waals surface area (Å²) < 4.78 is 4.55. The zero-order valence-electron chi connectivity index (χ0n) is 7.79. The summed E-state index contributed by atoms with van der Waals surface area (Å²) in [5.74, 6) is -0.240. The smallest absolute Gasteiger partial charge is 0.310 e. The lowest BCUT2D eigenvalue weighted by molar-refractivity contribution is -0.139. The lowest BCUT2D eigenvalue weighted by atomic mass is 10.2. The minimum Gasteiger partial charge on any atom is -0.469 e. The highest BCUT2D eigenvalue weighted by Crippen LogP contribution is 2.24. The average molecular weight is 196 g/mol. The molecule has 0 aliphatic rings. The van der Waals surface area contributed by atoms with Crippen LogP contribution in [0.1, 0.15) is 16.2 Å². The minimum absolute atomic E-state index is 0.240. The molecule has 1 heterocycles. The van der Waals surface area contributed by atoms with Crippen LogP contribution in [-0.4, -0.2) is 13.1 Å². The second-order valence-corrected chi connectivity index (χ2v) is 4.05. The highest BCUT2D eigenvalue weighted by Gasteiger charge is 2.07. The van der Waals surface area contributed by atoms with Gasteiger partial charge in [-0.1, -0.05) is 6.58 Å². The second kappa shape index (κ2) is 4.23. The van der Waals surface area contributed by atoms with E-state index in [4.69, 9.17) is 0 Å². The monoisotopic (exact) mass is 196 g/mol. The highest BCUT2D eigenvalue weighted by atomic mass is 32.1. The SMILES string of the molecule is C=C(CC(=O)OC)c1ccc(C)s1. The fourth-order valence-corrected chi connectivity index (χ4v) is 1.79. The molecule has 1 rings (SSSR count). The van der Waals surface area contributed by atoms with E-state index >= 15 is 0 Å². The van der Waals surface area contributed by atoms with E-state index < -0.39 is 0 Å². The Bertz CT molecular complexity index is 325. The van der Waals surface area contributed by atoms with Gasteiger partial charge in [0.15, 0.2) is 0 Å². The number of carbonyl (C=O) groups is 1. The fourth-order valence-electron chi connectivity index (χ4n) is 0.958. The van der Waals surface area contributed by atoms with Gasteiger partial charge in [-0.25, -0.2) is 0 Å². The minimum atomic E-state index is -0.240. The third-order valence-corrected chi connectivity index (χ3v) is 2.78. The molecule has 0 bridgehead atoms. The molecular weight excluding hydrogens is 184 g/mol. The summed E-state index contributed by atoms with van der Waals surface area (Å²) >= 11 is 1.64. The van der Waals surface area contributed by atoms with Crippen molar-refractivity contribution in [1.82, 2.24) is 0 Å². The standard InChI is InChI=1S/C10H12O2S/c1-7(6-10(11)12-3)9-5-4-8(2)13-9/h4-5H,1,6H2,2-3H3. The van der Waals surface area contributed by atoms with Crippen molar-refractivity contribution in [2.24, 2.45) is 0 Å². The quantitative estimate of drug-likeness (QED) is 0.695. The van der Waals surface area contributed by atoms with Crippen LogP contribution in [0.25, 0.3) is 5.57 Å². The van der Waals surface area contributed by atoms with Gasteiger partial charge in [0.1, 0.15) is 0 Å². The van der Waals surface area contributed by atoms with Gasteiger partial charge in [0.05, 0.1) is 13.5 Å². The van der Waals surface area contributed by atoms with Crippen LogP contribution in [0.4, 0.5) is 0 Å². The van der Waals surface area contributed by atoms with Gasteiger partial charge in [0.2, 0.25) is 0 Å². The second-order valence-electron chi connectivity index (χ2n) is 2.77. The molecule has 0 radical (unpaired) electrons.